The summed E-state index contributed by atoms with van der Waals surface area (Å²) in [5, 5.41) is 10.6. The van der Waals surface area contributed by atoms with Crippen LogP contribution >= 0.6 is 0 Å². The quantitative estimate of drug-likeness (QED) is 0.772. The van der Waals surface area contributed by atoms with Gasteiger partial charge < -0.3 is 10.1 Å². The summed E-state index contributed by atoms with van der Waals surface area (Å²) in [6.45, 7) is 5.74. The van der Waals surface area contributed by atoms with Gasteiger partial charge >= 0.3 is 0 Å². The van der Waals surface area contributed by atoms with E-state index in [0.29, 0.717) is 22.8 Å². The molecule has 7 nitrogen and oxygen atoms in total. The highest BCUT2D eigenvalue weighted by Gasteiger charge is 2.10. The summed E-state index contributed by atoms with van der Waals surface area (Å²) in [7, 11) is 0. The van der Waals surface area contributed by atoms with Crippen LogP contribution in [0.1, 0.15) is 29.9 Å². The summed E-state index contributed by atoms with van der Waals surface area (Å²) in [6, 6.07) is 5.19. The maximum Gasteiger partial charge on any atom is 0.257 e. The number of nitrogens with zero attached hydrogens (tertiary/aromatic N) is 3. The average Bonchev–Trinajstić information content (AvgIpc) is 2.88. The molecule has 0 radical (unpaired) electrons. The Hall–Kier alpha value is -2.96. The number of aromatic nitrogens is 4. The van der Waals surface area contributed by atoms with E-state index in [0.717, 1.165) is 11.1 Å². The lowest BCUT2D eigenvalue weighted by atomic mass is 10.2. The number of fused-ring (bicyclic) bond motifs is 1. The maximum atomic E-state index is 12.3. The molecule has 0 saturated heterocycles. The Morgan fingerprint density at radius 1 is 1.26 bits per heavy atom. The van der Waals surface area contributed by atoms with E-state index in [1.807, 2.05) is 26.8 Å². The lowest BCUT2D eigenvalue weighted by Crippen LogP contribution is -2.13. The molecule has 3 aromatic rings. The number of hydrogen-bond acceptors (Lipinski definition) is 5. The zero-order valence-corrected chi connectivity index (χ0v) is 13.1. The van der Waals surface area contributed by atoms with E-state index in [1.54, 1.807) is 18.3 Å². The number of carbonyl (C=O) groups excluding carboxylic acids is 1. The zero-order chi connectivity index (χ0) is 16.4. The topological polar surface area (TPSA) is 92.8 Å². The van der Waals surface area contributed by atoms with Crippen molar-refractivity contribution in [2.75, 3.05) is 5.32 Å². The number of anilines is 1. The summed E-state index contributed by atoms with van der Waals surface area (Å²) in [5.74, 6) is 0.240. The molecule has 0 bridgehead atoms. The second kappa shape index (κ2) is 6.04. The fraction of sp³-hybridized carbons (Fsp3) is 0.250. The molecule has 2 N–H and O–H groups in total. The molecule has 23 heavy (non-hydrogen) atoms. The molecule has 7 heteroatoms. The number of hydrogen-bond donors (Lipinski definition) is 2. The number of aryl methyl sites for hydroxylation is 1. The first kappa shape index (κ1) is 15.0. The van der Waals surface area contributed by atoms with Crippen LogP contribution in [0.5, 0.6) is 5.88 Å². The summed E-state index contributed by atoms with van der Waals surface area (Å²) in [4.78, 5) is 20.6. The minimum Gasteiger partial charge on any atom is -0.475 e. The van der Waals surface area contributed by atoms with Gasteiger partial charge in [-0.3, -0.25) is 9.89 Å². The van der Waals surface area contributed by atoms with Crippen LogP contribution < -0.4 is 10.1 Å². The van der Waals surface area contributed by atoms with Crippen molar-refractivity contribution < 1.29 is 9.53 Å². The van der Waals surface area contributed by atoms with Crippen molar-refractivity contribution in [1.82, 2.24) is 20.2 Å². The van der Waals surface area contributed by atoms with Crippen molar-refractivity contribution in [1.29, 1.82) is 0 Å². The lowest BCUT2D eigenvalue weighted by molar-refractivity contribution is 0.102. The van der Waals surface area contributed by atoms with E-state index in [4.69, 9.17) is 4.74 Å². The van der Waals surface area contributed by atoms with Gasteiger partial charge in [-0.2, -0.15) is 5.10 Å². The first-order valence-electron chi connectivity index (χ1n) is 7.27. The van der Waals surface area contributed by atoms with Crippen molar-refractivity contribution in [3.63, 3.8) is 0 Å². The van der Waals surface area contributed by atoms with E-state index in [-0.39, 0.29) is 12.0 Å². The minimum atomic E-state index is -0.254. The van der Waals surface area contributed by atoms with Gasteiger partial charge in [0.1, 0.15) is 0 Å². The molecule has 118 valence electrons. The Labute approximate surface area is 133 Å². The molecule has 1 amide bonds. The van der Waals surface area contributed by atoms with Crippen LogP contribution in [-0.4, -0.2) is 32.2 Å². The summed E-state index contributed by atoms with van der Waals surface area (Å²) >= 11 is 0. The van der Waals surface area contributed by atoms with Crippen LogP contribution in [0, 0.1) is 6.92 Å². The minimum absolute atomic E-state index is 0.0400. The van der Waals surface area contributed by atoms with Crippen molar-refractivity contribution in [2.45, 2.75) is 26.9 Å². The molecule has 0 aliphatic heterocycles. The van der Waals surface area contributed by atoms with Gasteiger partial charge in [-0.1, -0.05) is 0 Å². The van der Waals surface area contributed by atoms with Gasteiger partial charge in [0.2, 0.25) is 5.88 Å². The normalized spacial score (nSPS) is 11.0. The van der Waals surface area contributed by atoms with Crippen LogP contribution in [0.25, 0.3) is 11.0 Å². The molecular weight excluding hydrogens is 294 g/mol. The highest BCUT2D eigenvalue weighted by atomic mass is 16.5. The third-order valence-electron chi connectivity index (χ3n) is 3.21. The molecule has 0 unspecified atom stereocenters. The summed E-state index contributed by atoms with van der Waals surface area (Å²) in [6.07, 6.45) is 3.10. The SMILES string of the molecule is Cc1[nH]nc2ncc(NC(=O)c3ccc(OC(C)C)nc3)cc12. The number of pyridine rings is 2. The number of nitrogens with one attached hydrogen (secondary N) is 2. The van der Waals surface area contributed by atoms with Gasteiger partial charge in [0, 0.05) is 23.3 Å². The van der Waals surface area contributed by atoms with E-state index in [2.05, 4.69) is 25.5 Å². The number of carbonyl (C=O) groups is 1. The summed E-state index contributed by atoms with van der Waals surface area (Å²) < 4.78 is 5.46. The monoisotopic (exact) mass is 311 g/mol. The molecule has 0 aliphatic rings. The second-order valence-electron chi connectivity index (χ2n) is 5.45. The van der Waals surface area contributed by atoms with Gasteiger partial charge in [-0.25, -0.2) is 9.97 Å². The Morgan fingerprint density at radius 2 is 2.09 bits per heavy atom. The standard InChI is InChI=1S/C16H17N5O2/c1-9(2)23-14-5-4-11(7-17-14)16(22)19-12-6-13-10(3)20-21-15(13)18-8-12/h4-9H,1-3H3,(H,19,22)(H,18,20,21). The fourth-order valence-electron chi connectivity index (χ4n) is 2.12. The van der Waals surface area contributed by atoms with Gasteiger partial charge in [0.25, 0.3) is 5.91 Å². The number of ether oxygens (including phenoxy) is 1. The Morgan fingerprint density at radius 3 is 2.78 bits per heavy atom. The Balaban J connectivity index is 1.75. The molecule has 0 atom stereocenters. The Kier molecular flexibility index (Phi) is 3.92. The fourth-order valence-corrected chi connectivity index (χ4v) is 2.12. The van der Waals surface area contributed by atoms with Crippen LogP contribution in [0.3, 0.4) is 0 Å². The van der Waals surface area contributed by atoms with Crippen molar-refractivity contribution >= 4 is 22.6 Å². The second-order valence-corrected chi connectivity index (χ2v) is 5.45. The highest BCUT2D eigenvalue weighted by Crippen LogP contribution is 2.18. The number of rotatable bonds is 4. The van der Waals surface area contributed by atoms with Crippen LogP contribution in [0.2, 0.25) is 0 Å². The Bertz CT molecular complexity index is 839. The van der Waals surface area contributed by atoms with Gasteiger partial charge in [-0.05, 0) is 32.9 Å². The smallest absolute Gasteiger partial charge is 0.257 e. The zero-order valence-electron chi connectivity index (χ0n) is 13.1. The molecule has 0 saturated carbocycles. The molecule has 3 heterocycles. The van der Waals surface area contributed by atoms with Gasteiger partial charge in [-0.15, -0.1) is 0 Å². The first-order valence-corrected chi connectivity index (χ1v) is 7.27. The predicted octanol–water partition coefficient (Wildman–Crippen LogP) is 2.70. The molecule has 0 spiro atoms. The van der Waals surface area contributed by atoms with Crippen molar-refractivity contribution in [3.8, 4) is 5.88 Å². The van der Waals surface area contributed by atoms with E-state index < -0.39 is 0 Å². The van der Waals surface area contributed by atoms with Crippen molar-refractivity contribution in [3.05, 3.63) is 41.9 Å². The lowest BCUT2D eigenvalue weighted by Gasteiger charge is -2.09. The molecule has 0 aliphatic carbocycles. The van der Waals surface area contributed by atoms with E-state index in [9.17, 15) is 4.79 Å². The van der Waals surface area contributed by atoms with Crippen LogP contribution in [0.4, 0.5) is 5.69 Å². The number of aromatic amines is 1. The average molecular weight is 311 g/mol. The first-order chi connectivity index (χ1) is 11.0. The molecule has 0 aromatic carbocycles. The molecule has 3 aromatic heterocycles. The van der Waals surface area contributed by atoms with Crippen LogP contribution in [-0.2, 0) is 0 Å². The van der Waals surface area contributed by atoms with Gasteiger partial charge in [0.15, 0.2) is 5.65 Å². The maximum absolute atomic E-state index is 12.3. The molecule has 0 fully saturated rings. The molecule has 3 rings (SSSR count). The number of H-pyrrole nitrogens is 1. The van der Waals surface area contributed by atoms with E-state index >= 15 is 0 Å². The van der Waals surface area contributed by atoms with Gasteiger partial charge in [0.05, 0.1) is 23.6 Å². The third kappa shape index (κ3) is 3.28. The van der Waals surface area contributed by atoms with Crippen LogP contribution in [0.15, 0.2) is 30.6 Å². The van der Waals surface area contributed by atoms with E-state index in [1.165, 1.54) is 6.20 Å². The summed E-state index contributed by atoms with van der Waals surface area (Å²) in [5.41, 5.74) is 2.58. The number of amides is 1. The highest BCUT2D eigenvalue weighted by molar-refractivity contribution is 6.04. The predicted molar refractivity (Wildman–Crippen MR) is 86.6 cm³/mol. The third-order valence-corrected chi connectivity index (χ3v) is 3.21. The molecular formula is C16H17N5O2. The largest absolute Gasteiger partial charge is 0.475 e. The van der Waals surface area contributed by atoms with Crippen molar-refractivity contribution in [2.24, 2.45) is 0 Å².